The van der Waals surface area contributed by atoms with Crippen molar-refractivity contribution in [3.8, 4) is 0 Å². The maximum absolute atomic E-state index is 12.5. The fourth-order valence-electron chi connectivity index (χ4n) is 3.39. The zero-order valence-corrected chi connectivity index (χ0v) is 18.7. The van der Waals surface area contributed by atoms with Gasteiger partial charge in [-0.25, -0.2) is 9.36 Å². The molecule has 8 atom stereocenters. The van der Waals surface area contributed by atoms with Crippen LogP contribution in [0.1, 0.15) is 48.0 Å². The molecule has 0 aromatic rings. The average Bonchev–Trinajstić information content (AvgIpc) is 3.06. The maximum Gasteiger partial charge on any atom is 0.530 e. The van der Waals surface area contributed by atoms with Crippen LogP contribution in [0.4, 0.5) is 0 Å². The zero-order valence-electron chi connectivity index (χ0n) is 17.8. The Labute approximate surface area is 171 Å². The highest BCUT2D eigenvalue weighted by Crippen LogP contribution is 2.48. The first-order valence-corrected chi connectivity index (χ1v) is 11.5. The van der Waals surface area contributed by atoms with Gasteiger partial charge >= 0.3 is 13.8 Å². The number of hydrogen-bond donors (Lipinski definition) is 2. The monoisotopic (exact) mass is 439 g/mol. The number of phosphoric acid groups is 1. The van der Waals surface area contributed by atoms with E-state index < -0.39 is 50.4 Å². The van der Waals surface area contributed by atoms with Crippen molar-refractivity contribution in [2.45, 2.75) is 103 Å². The summed E-state index contributed by atoms with van der Waals surface area (Å²) in [6.45, 7) is 11.0. The van der Waals surface area contributed by atoms with Gasteiger partial charge in [-0.2, -0.15) is 0 Å². The number of nitrogens with two attached hydrogens (primary N) is 1. The summed E-state index contributed by atoms with van der Waals surface area (Å²) in [5.41, 5.74) is 6.05. The molecular formula is C18H34NO9P. The molecule has 0 saturated carbocycles. The van der Waals surface area contributed by atoms with Crippen LogP contribution < -0.4 is 5.73 Å². The molecule has 3 N–H and O–H groups in total. The van der Waals surface area contributed by atoms with Gasteiger partial charge in [0.15, 0.2) is 6.10 Å². The number of carbonyl (C=O) groups excluding carboxylic acids is 1. The summed E-state index contributed by atoms with van der Waals surface area (Å²) in [6, 6.07) is -0.685. The van der Waals surface area contributed by atoms with Gasteiger partial charge in [0.25, 0.3) is 0 Å². The molecule has 2 heterocycles. The highest BCUT2D eigenvalue weighted by molar-refractivity contribution is 7.48. The number of hydrogen-bond acceptors (Lipinski definition) is 9. The number of rotatable bonds is 9. The molecule has 0 aromatic heterocycles. The molecule has 10 nitrogen and oxygen atoms in total. The van der Waals surface area contributed by atoms with Crippen LogP contribution in [0.5, 0.6) is 0 Å². The minimum Gasteiger partial charge on any atom is -0.376 e. The molecule has 0 aromatic carbocycles. The van der Waals surface area contributed by atoms with Crippen molar-refractivity contribution in [3.63, 3.8) is 0 Å². The van der Waals surface area contributed by atoms with Crippen LogP contribution in [-0.4, -0.2) is 72.3 Å². The Morgan fingerprint density at radius 3 is 2.45 bits per heavy atom. The minimum atomic E-state index is -4.78. The number of carbonyl (C=O) groups is 1. The van der Waals surface area contributed by atoms with Crippen molar-refractivity contribution in [2.24, 2.45) is 5.73 Å². The van der Waals surface area contributed by atoms with Crippen LogP contribution in [0.3, 0.4) is 0 Å². The van der Waals surface area contributed by atoms with Crippen molar-refractivity contribution < 1.29 is 42.2 Å². The maximum atomic E-state index is 12.5. The summed E-state index contributed by atoms with van der Waals surface area (Å²) in [6.07, 6.45) is -3.71. The second-order valence-corrected chi connectivity index (χ2v) is 9.44. The molecule has 170 valence electrons. The Morgan fingerprint density at radius 2 is 1.86 bits per heavy atom. The summed E-state index contributed by atoms with van der Waals surface area (Å²) in [5, 5.41) is 0. The third-order valence-corrected chi connectivity index (χ3v) is 5.61. The summed E-state index contributed by atoms with van der Waals surface area (Å²) in [7, 11) is -4.78. The summed E-state index contributed by atoms with van der Waals surface area (Å²) >= 11 is 0. The molecule has 2 fully saturated rings. The van der Waals surface area contributed by atoms with Crippen molar-refractivity contribution >= 4 is 13.8 Å². The first-order valence-electron chi connectivity index (χ1n) is 9.97. The van der Waals surface area contributed by atoms with E-state index in [1.54, 1.807) is 13.8 Å². The van der Waals surface area contributed by atoms with Crippen LogP contribution in [0, 0.1) is 0 Å². The van der Waals surface area contributed by atoms with E-state index >= 15 is 0 Å². The highest BCUT2D eigenvalue weighted by atomic mass is 31.2. The standard InChI is InChI=1S/C18H34NO9P/c1-9(2)23-8-14-16(15(19)12(6)26-14)27-29(21,22)28-18(20)17-13(24-10(3)4)7-11(5)25-17/h9-17H,7-8,19H2,1-6H3,(H,21,22)/t11-,12-,13+,14+,15?,16-,17-/m0/s1. The second-order valence-electron chi connectivity index (χ2n) is 8.11. The van der Waals surface area contributed by atoms with Gasteiger partial charge < -0.3 is 29.2 Å². The lowest BCUT2D eigenvalue weighted by molar-refractivity contribution is -0.155. The van der Waals surface area contributed by atoms with E-state index in [9.17, 15) is 14.3 Å². The minimum absolute atomic E-state index is 0.0652. The van der Waals surface area contributed by atoms with Gasteiger partial charge in [0.05, 0.1) is 43.2 Å². The van der Waals surface area contributed by atoms with Gasteiger partial charge in [-0.05, 0) is 41.5 Å². The smallest absolute Gasteiger partial charge is 0.376 e. The summed E-state index contributed by atoms with van der Waals surface area (Å²) in [5.74, 6) is -1.01. The number of ether oxygens (including phenoxy) is 4. The molecule has 0 amide bonds. The van der Waals surface area contributed by atoms with E-state index in [0.29, 0.717) is 6.42 Å². The molecule has 2 aliphatic heterocycles. The van der Waals surface area contributed by atoms with Crippen molar-refractivity contribution in [1.82, 2.24) is 0 Å². The molecule has 2 aliphatic rings. The SMILES string of the molecule is CC(C)OC[C@H]1O[C@@H](C)C(N)[C@H]1OP(=O)(O)OC(=O)[C@H]1O[C@@H](C)C[C@H]1OC(C)C. The van der Waals surface area contributed by atoms with Gasteiger partial charge in [-0.3, -0.25) is 9.42 Å². The van der Waals surface area contributed by atoms with Crippen LogP contribution in [0.2, 0.25) is 0 Å². The van der Waals surface area contributed by atoms with E-state index in [4.69, 9.17) is 33.7 Å². The predicted molar refractivity (Wildman–Crippen MR) is 103 cm³/mol. The third-order valence-electron chi connectivity index (χ3n) is 4.69. The van der Waals surface area contributed by atoms with Gasteiger partial charge in [0.2, 0.25) is 0 Å². The van der Waals surface area contributed by atoms with Crippen molar-refractivity contribution in [2.75, 3.05) is 6.61 Å². The fraction of sp³-hybridized carbons (Fsp3) is 0.944. The molecule has 2 saturated heterocycles. The molecule has 0 spiro atoms. The molecule has 2 unspecified atom stereocenters. The molecule has 2 rings (SSSR count). The second kappa shape index (κ2) is 10.2. The molecule has 0 radical (unpaired) electrons. The molecule has 0 bridgehead atoms. The van der Waals surface area contributed by atoms with Gasteiger partial charge in [-0.15, -0.1) is 0 Å². The normalized spacial score (nSPS) is 37.2. The van der Waals surface area contributed by atoms with Crippen LogP contribution in [0.15, 0.2) is 0 Å². The van der Waals surface area contributed by atoms with E-state index in [1.165, 1.54) is 0 Å². The first kappa shape index (κ1) is 24.7. The fourth-order valence-corrected chi connectivity index (χ4v) is 4.35. The van der Waals surface area contributed by atoms with E-state index in [2.05, 4.69) is 0 Å². The lowest BCUT2D eigenvalue weighted by atomic mass is 10.1. The van der Waals surface area contributed by atoms with Crippen LogP contribution in [0.25, 0.3) is 0 Å². The topological polar surface area (TPSA) is 136 Å². The Bertz CT molecular complexity index is 602. The average molecular weight is 439 g/mol. The highest BCUT2D eigenvalue weighted by Gasteiger charge is 2.48. The molecule has 11 heteroatoms. The Hall–Kier alpha value is -0.580. The Balaban J connectivity index is 2.01. The lowest BCUT2D eigenvalue weighted by Gasteiger charge is -2.25. The van der Waals surface area contributed by atoms with E-state index in [1.807, 2.05) is 27.7 Å². The largest absolute Gasteiger partial charge is 0.530 e. The number of phosphoric ester groups is 1. The van der Waals surface area contributed by atoms with Crippen LogP contribution >= 0.6 is 7.82 Å². The van der Waals surface area contributed by atoms with Gasteiger partial charge in [-0.1, -0.05) is 0 Å². The lowest BCUT2D eigenvalue weighted by Crippen LogP contribution is -2.42. The first-order chi connectivity index (χ1) is 13.4. The Kier molecular flexibility index (Phi) is 8.64. The molecule has 29 heavy (non-hydrogen) atoms. The molecular weight excluding hydrogens is 405 g/mol. The van der Waals surface area contributed by atoms with Gasteiger partial charge in [0.1, 0.15) is 12.2 Å². The summed E-state index contributed by atoms with van der Waals surface area (Å²) < 4.78 is 44.9. The third kappa shape index (κ3) is 6.97. The van der Waals surface area contributed by atoms with Gasteiger partial charge in [0, 0.05) is 6.42 Å². The van der Waals surface area contributed by atoms with Crippen molar-refractivity contribution in [1.29, 1.82) is 0 Å². The molecule has 0 aliphatic carbocycles. The summed E-state index contributed by atoms with van der Waals surface area (Å²) in [4.78, 5) is 22.7. The van der Waals surface area contributed by atoms with E-state index in [-0.39, 0.29) is 24.9 Å². The Morgan fingerprint density at radius 1 is 1.21 bits per heavy atom. The zero-order chi connectivity index (χ0) is 21.9. The quantitative estimate of drug-likeness (QED) is 0.509. The van der Waals surface area contributed by atoms with Crippen LogP contribution in [-0.2, 0) is 37.4 Å². The van der Waals surface area contributed by atoms with E-state index in [0.717, 1.165) is 0 Å². The van der Waals surface area contributed by atoms with Crippen molar-refractivity contribution in [3.05, 3.63) is 0 Å². The predicted octanol–water partition coefficient (Wildman–Crippen LogP) is 1.53.